The van der Waals surface area contributed by atoms with Crippen molar-refractivity contribution in [2.75, 3.05) is 7.11 Å². The zero-order valence-electron chi connectivity index (χ0n) is 9.76. The molecule has 1 N–H and O–H groups in total. The highest BCUT2D eigenvalue weighted by Gasteiger charge is 2.46. The van der Waals surface area contributed by atoms with E-state index in [0.29, 0.717) is 0 Å². The lowest BCUT2D eigenvalue weighted by Gasteiger charge is -2.35. The normalized spacial score (nSPS) is 33.2. The van der Waals surface area contributed by atoms with Gasteiger partial charge in [0.05, 0.1) is 5.60 Å². The summed E-state index contributed by atoms with van der Waals surface area (Å²) in [5, 5.41) is 3.02. The Hall–Kier alpha value is -0.570. The van der Waals surface area contributed by atoms with Crippen LogP contribution >= 0.6 is 0 Å². The van der Waals surface area contributed by atoms with E-state index in [-0.39, 0.29) is 29.4 Å². The summed E-state index contributed by atoms with van der Waals surface area (Å²) in [5.74, 6) is 0.479. The summed E-state index contributed by atoms with van der Waals surface area (Å²) in [6.07, 6.45) is 0.966. The minimum atomic E-state index is -0.237. The molecule has 0 aliphatic carbocycles. The summed E-state index contributed by atoms with van der Waals surface area (Å²) in [6, 6.07) is 0.257. The average Bonchev–Trinajstić information content (AvgIpc) is 2.43. The summed E-state index contributed by atoms with van der Waals surface area (Å²) in [4.78, 5) is 11.5. The zero-order chi connectivity index (χ0) is 10.9. The van der Waals surface area contributed by atoms with Gasteiger partial charge in [0.15, 0.2) is 0 Å². The molecule has 0 saturated carbocycles. The Morgan fingerprint density at radius 2 is 2.07 bits per heavy atom. The van der Waals surface area contributed by atoms with E-state index in [4.69, 9.17) is 4.74 Å². The fourth-order valence-corrected chi connectivity index (χ4v) is 2.49. The van der Waals surface area contributed by atoms with E-state index in [0.717, 1.165) is 6.42 Å². The van der Waals surface area contributed by atoms with Crippen LogP contribution in [0.4, 0.5) is 0 Å². The Bertz CT molecular complexity index is 225. The minimum absolute atomic E-state index is 0.0508. The third-order valence-corrected chi connectivity index (χ3v) is 3.48. The predicted octanol–water partition coefficient (Wildman–Crippen LogP) is 1.57. The van der Waals surface area contributed by atoms with Crippen molar-refractivity contribution in [2.24, 2.45) is 11.8 Å². The van der Waals surface area contributed by atoms with Crippen molar-refractivity contribution in [1.29, 1.82) is 0 Å². The number of nitrogens with one attached hydrogen (secondary N) is 1. The molecule has 1 heterocycles. The fourth-order valence-electron chi connectivity index (χ4n) is 2.49. The summed E-state index contributed by atoms with van der Waals surface area (Å²) < 4.78 is 5.48. The van der Waals surface area contributed by atoms with E-state index < -0.39 is 0 Å². The molecule has 1 saturated heterocycles. The van der Waals surface area contributed by atoms with Gasteiger partial charge >= 0.3 is 0 Å². The second-order valence-electron chi connectivity index (χ2n) is 4.65. The highest BCUT2D eigenvalue weighted by molar-refractivity contribution is 5.81. The maximum Gasteiger partial charge on any atom is 0.223 e. The highest BCUT2D eigenvalue weighted by atomic mass is 16.5. The molecule has 14 heavy (non-hydrogen) atoms. The molecule has 0 spiro atoms. The first kappa shape index (κ1) is 11.5. The first-order valence-electron chi connectivity index (χ1n) is 5.29. The van der Waals surface area contributed by atoms with Crippen LogP contribution < -0.4 is 5.32 Å². The van der Waals surface area contributed by atoms with Crippen molar-refractivity contribution in [3.63, 3.8) is 0 Å². The third kappa shape index (κ3) is 1.78. The summed E-state index contributed by atoms with van der Waals surface area (Å²) in [5.41, 5.74) is -0.237. The van der Waals surface area contributed by atoms with Crippen molar-refractivity contribution < 1.29 is 9.53 Å². The third-order valence-electron chi connectivity index (χ3n) is 3.48. The summed E-state index contributed by atoms with van der Waals surface area (Å²) >= 11 is 0. The van der Waals surface area contributed by atoms with Gasteiger partial charge in [0, 0.05) is 25.0 Å². The Kier molecular flexibility index (Phi) is 3.20. The molecule has 3 nitrogen and oxygen atoms in total. The van der Waals surface area contributed by atoms with Crippen LogP contribution in [0.5, 0.6) is 0 Å². The molecule has 0 aromatic heterocycles. The average molecular weight is 199 g/mol. The first-order valence-corrected chi connectivity index (χ1v) is 5.29. The fraction of sp³-hybridized carbons (Fsp3) is 0.909. The molecule has 82 valence electrons. The Morgan fingerprint density at radius 1 is 1.50 bits per heavy atom. The minimum Gasteiger partial charge on any atom is -0.378 e. The van der Waals surface area contributed by atoms with E-state index in [9.17, 15) is 4.79 Å². The molecule has 0 bridgehead atoms. The SMILES string of the molecule is CCC1NC(=O)C(C)C1C(C)(C)OC. The molecule has 0 aromatic carbocycles. The van der Waals surface area contributed by atoms with E-state index in [1.807, 2.05) is 6.92 Å². The predicted molar refractivity (Wildman–Crippen MR) is 56.0 cm³/mol. The van der Waals surface area contributed by atoms with Gasteiger partial charge in [0.25, 0.3) is 0 Å². The molecule has 1 fully saturated rings. The molecule has 0 aromatic rings. The molecule has 3 heteroatoms. The van der Waals surface area contributed by atoms with Gasteiger partial charge in [-0.05, 0) is 20.3 Å². The number of carbonyl (C=O) groups is 1. The second-order valence-corrected chi connectivity index (χ2v) is 4.65. The number of carbonyl (C=O) groups excluding carboxylic acids is 1. The van der Waals surface area contributed by atoms with Gasteiger partial charge in [-0.25, -0.2) is 0 Å². The number of methoxy groups -OCH3 is 1. The van der Waals surface area contributed by atoms with Crippen LogP contribution in [0.15, 0.2) is 0 Å². The Balaban J connectivity index is 2.89. The first-order chi connectivity index (χ1) is 6.44. The van der Waals surface area contributed by atoms with Crippen LogP contribution in [-0.4, -0.2) is 24.7 Å². The number of amides is 1. The Morgan fingerprint density at radius 3 is 2.50 bits per heavy atom. The molecule has 1 aliphatic heterocycles. The van der Waals surface area contributed by atoms with Gasteiger partial charge in [-0.1, -0.05) is 13.8 Å². The van der Waals surface area contributed by atoms with Gasteiger partial charge in [-0.15, -0.1) is 0 Å². The van der Waals surface area contributed by atoms with Crippen molar-refractivity contribution in [3.8, 4) is 0 Å². The molecule has 1 amide bonds. The summed E-state index contributed by atoms with van der Waals surface area (Å²) in [6.45, 7) is 8.19. The van der Waals surface area contributed by atoms with Crippen LogP contribution in [0, 0.1) is 11.8 Å². The lowest BCUT2D eigenvalue weighted by molar-refractivity contribution is -0.124. The summed E-state index contributed by atoms with van der Waals surface area (Å²) in [7, 11) is 1.71. The van der Waals surface area contributed by atoms with Crippen molar-refractivity contribution >= 4 is 5.91 Å². The number of hydrogen-bond donors (Lipinski definition) is 1. The maximum absolute atomic E-state index is 11.5. The van der Waals surface area contributed by atoms with Crippen LogP contribution in [0.1, 0.15) is 34.1 Å². The van der Waals surface area contributed by atoms with E-state index in [1.54, 1.807) is 7.11 Å². The van der Waals surface area contributed by atoms with Crippen LogP contribution in [0.3, 0.4) is 0 Å². The molecule has 0 radical (unpaired) electrons. The highest BCUT2D eigenvalue weighted by Crippen LogP contribution is 2.36. The molecule has 3 unspecified atom stereocenters. The van der Waals surface area contributed by atoms with Gasteiger partial charge in [0.1, 0.15) is 0 Å². The largest absolute Gasteiger partial charge is 0.378 e. The maximum atomic E-state index is 11.5. The van der Waals surface area contributed by atoms with Gasteiger partial charge in [-0.2, -0.15) is 0 Å². The van der Waals surface area contributed by atoms with Crippen LogP contribution in [-0.2, 0) is 9.53 Å². The molecule has 1 rings (SSSR count). The van der Waals surface area contributed by atoms with E-state index in [1.165, 1.54) is 0 Å². The molecular formula is C11H21NO2. The molecule has 3 atom stereocenters. The number of hydrogen-bond acceptors (Lipinski definition) is 2. The number of ether oxygens (including phenoxy) is 1. The van der Waals surface area contributed by atoms with Crippen molar-refractivity contribution in [1.82, 2.24) is 5.32 Å². The van der Waals surface area contributed by atoms with Gasteiger partial charge < -0.3 is 10.1 Å². The monoisotopic (exact) mass is 199 g/mol. The van der Waals surface area contributed by atoms with E-state index >= 15 is 0 Å². The molecular weight excluding hydrogens is 178 g/mol. The lowest BCUT2D eigenvalue weighted by atomic mass is 9.78. The topological polar surface area (TPSA) is 38.3 Å². The van der Waals surface area contributed by atoms with Gasteiger partial charge in [-0.3, -0.25) is 4.79 Å². The second kappa shape index (κ2) is 3.89. The zero-order valence-corrected chi connectivity index (χ0v) is 9.76. The molecule has 1 aliphatic rings. The van der Waals surface area contributed by atoms with Crippen LogP contribution in [0.2, 0.25) is 0 Å². The standard InChI is InChI=1S/C11H21NO2/c1-6-8-9(11(3,4)14-5)7(2)10(13)12-8/h7-9H,6H2,1-5H3,(H,12,13). The lowest BCUT2D eigenvalue weighted by Crippen LogP contribution is -2.42. The number of rotatable bonds is 3. The van der Waals surface area contributed by atoms with Crippen molar-refractivity contribution in [3.05, 3.63) is 0 Å². The quantitative estimate of drug-likeness (QED) is 0.749. The Labute approximate surface area is 86.2 Å². The smallest absolute Gasteiger partial charge is 0.223 e. The van der Waals surface area contributed by atoms with E-state index in [2.05, 4.69) is 26.1 Å². The van der Waals surface area contributed by atoms with Crippen LogP contribution in [0.25, 0.3) is 0 Å². The van der Waals surface area contributed by atoms with Crippen molar-refractivity contribution in [2.45, 2.75) is 45.8 Å². The van der Waals surface area contributed by atoms with Gasteiger partial charge in [0.2, 0.25) is 5.91 Å².